The summed E-state index contributed by atoms with van der Waals surface area (Å²) in [6.07, 6.45) is 3.81. The molecule has 19 heavy (non-hydrogen) atoms. The highest BCUT2D eigenvalue weighted by molar-refractivity contribution is 7.80. The van der Waals surface area contributed by atoms with Crippen molar-refractivity contribution in [2.75, 3.05) is 7.11 Å². The SMILES string of the molecule is COc1ccc2c(c1)CC[C@@H]1C[C@]21[C@H](C)OC(C)=S. The van der Waals surface area contributed by atoms with Gasteiger partial charge in [0.2, 0.25) is 0 Å². The minimum atomic E-state index is 0.169. The van der Waals surface area contributed by atoms with Crippen LogP contribution in [0.4, 0.5) is 0 Å². The van der Waals surface area contributed by atoms with Gasteiger partial charge in [0.25, 0.3) is 0 Å². The quantitative estimate of drug-likeness (QED) is 0.785. The van der Waals surface area contributed by atoms with Crippen molar-refractivity contribution in [3.8, 4) is 5.75 Å². The highest BCUT2D eigenvalue weighted by atomic mass is 32.1. The average Bonchev–Trinajstić information content (AvgIpc) is 3.13. The molecule has 3 heteroatoms. The molecule has 0 bridgehead atoms. The lowest BCUT2D eigenvalue weighted by molar-refractivity contribution is 0.155. The summed E-state index contributed by atoms with van der Waals surface area (Å²) in [6, 6.07) is 6.48. The highest BCUT2D eigenvalue weighted by Gasteiger charge is 2.61. The van der Waals surface area contributed by atoms with Crippen molar-refractivity contribution in [2.45, 2.75) is 44.6 Å². The fourth-order valence-electron chi connectivity index (χ4n) is 3.80. The van der Waals surface area contributed by atoms with Crippen LogP contribution in [0.5, 0.6) is 5.75 Å². The third-order valence-electron chi connectivity index (χ3n) is 4.80. The Bertz CT molecular complexity index is 525. The van der Waals surface area contributed by atoms with Gasteiger partial charge in [0.1, 0.15) is 11.9 Å². The Balaban J connectivity index is 1.97. The zero-order valence-corrected chi connectivity index (χ0v) is 12.5. The number of methoxy groups -OCH3 is 1. The van der Waals surface area contributed by atoms with Crippen LogP contribution in [0.25, 0.3) is 0 Å². The minimum absolute atomic E-state index is 0.169. The number of aryl methyl sites for hydroxylation is 1. The summed E-state index contributed by atoms with van der Waals surface area (Å²) in [5.41, 5.74) is 3.07. The molecule has 0 saturated heterocycles. The molecule has 1 aromatic rings. The van der Waals surface area contributed by atoms with E-state index in [0.29, 0.717) is 5.05 Å². The lowest BCUT2D eigenvalue weighted by Crippen LogP contribution is -2.32. The van der Waals surface area contributed by atoms with Crippen molar-refractivity contribution in [1.82, 2.24) is 0 Å². The predicted octanol–water partition coefficient (Wildman–Crippen LogP) is 3.65. The van der Waals surface area contributed by atoms with Crippen molar-refractivity contribution < 1.29 is 9.47 Å². The zero-order valence-electron chi connectivity index (χ0n) is 11.7. The van der Waals surface area contributed by atoms with Gasteiger partial charge in [-0.05, 0) is 67.6 Å². The second kappa shape index (κ2) is 4.48. The fraction of sp³-hybridized carbons (Fsp3) is 0.562. The first-order valence-electron chi connectivity index (χ1n) is 6.92. The molecule has 102 valence electrons. The molecular formula is C16H20O2S. The Morgan fingerprint density at radius 3 is 2.95 bits per heavy atom. The van der Waals surface area contributed by atoms with Gasteiger partial charge in [-0.1, -0.05) is 6.07 Å². The number of fused-ring (bicyclic) bond motifs is 3. The molecule has 1 aromatic carbocycles. The van der Waals surface area contributed by atoms with E-state index in [4.69, 9.17) is 21.7 Å². The molecular weight excluding hydrogens is 256 g/mol. The molecule has 0 aliphatic heterocycles. The predicted molar refractivity (Wildman–Crippen MR) is 79.9 cm³/mol. The smallest absolute Gasteiger partial charge is 0.157 e. The van der Waals surface area contributed by atoms with Crippen LogP contribution in [0.15, 0.2) is 18.2 Å². The maximum atomic E-state index is 5.85. The molecule has 0 N–H and O–H groups in total. The van der Waals surface area contributed by atoms with Gasteiger partial charge in [-0.25, -0.2) is 0 Å². The Kier molecular flexibility index (Phi) is 3.05. The van der Waals surface area contributed by atoms with Crippen LogP contribution in [-0.4, -0.2) is 18.3 Å². The van der Waals surface area contributed by atoms with Gasteiger partial charge in [-0.3, -0.25) is 0 Å². The maximum Gasteiger partial charge on any atom is 0.157 e. The number of hydrogen-bond acceptors (Lipinski definition) is 3. The number of benzene rings is 1. The molecule has 0 aromatic heterocycles. The van der Waals surface area contributed by atoms with Crippen molar-refractivity contribution in [2.24, 2.45) is 5.92 Å². The Morgan fingerprint density at radius 1 is 1.47 bits per heavy atom. The molecule has 0 radical (unpaired) electrons. The van der Waals surface area contributed by atoms with Crippen molar-refractivity contribution >= 4 is 17.3 Å². The van der Waals surface area contributed by atoms with E-state index < -0.39 is 0 Å². The first kappa shape index (κ1) is 12.9. The van der Waals surface area contributed by atoms with Crippen LogP contribution in [0.3, 0.4) is 0 Å². The molecule has 0 unspecified atom stereocenters. The van der Waals surface area contributed by atoms with Crippen LogP contribution >= 0.6 is 12.2 Å². The Labute approximate surface area is 120 Å². The van der Waals surface area contributed by atoms with Crippen LogP contribution < -0.4 is 4.74 Å². The third-order valence-corrected chi connectivity index (χ3v) is 4.89. The van der Waals surface area contributed by atoms with E-state index in [0.717, 1.165) is 18.1 Å². The summed E-state index contributed by atoms with van der Waals surface area (Å²) in [7, 11) is 1.72. The standard InChI is InChI=1S/C16H20O2S/c1-10(18-11(2)19)16-9-13(16)5-4-12-8-14(17-3)6-7-15(12)16/h6-8,10,13H,4-5,9H2,1-3H3/t10-,13+,16+/m0/s1. The number of ether oxygens (including phenoxy) is 2. The van der Waals surface area contributed by atoms with Crippen LogP contribution in [0.1, 0.15) is 37.8 Å². The van der Waals surface area contributed by atoms with Crippen molar-refractivity contribution in [3.05, 3.63) is 29.3 Å². The topological polar surface area (TPSA) is 18.5 Å². The Hall–Kier alpha value is -1.09. The first-order valence-corrected chi connectivity index (χ1v) is 7.33. The minimum Gasteiger partial charge on any atom is -0.497 e. The molecule has 3 atom stereocenters. The molecule has 0 spiro atoms. The van der Waals surface area contributed by atoms with Crippen LogP contribution in [-0.2, 0) is 16.6 Å². The Morgan fingerprint density at radius 2 is 2.26 bits per heavy atom. The van der Waals surface area contributed by atoms with E-state index in [-0.39, 0.29) is 11.5 Å². The molecule has 2 nitrogen and oxygen atoms in total. The molecule has 1 fully saturated rings. The summed E-state index contributed by atoms with van der Waals surface area (Å²) in [4.78, 5) is 0. The van der Waals surface area contributed by atoms with E-state index in [1.165, 1.54) is 24.0 Å². The zero-order chi connectivity index (χ0) is 13.6. The summed E-state index contributed by atoms with van der Waals surface area (Å²) in [5.74, 6) is 1.71. The summed E-state index contributed by atoms with van der Waals surface area (Å²) < 4.78 is 11.2. The fourth-order valence-corrected chi connectivity index (χ4v) is 3.94. The molecule has 0 heterocycles. The van der Waals surface area contributed by atoms with Gasteiger partial charge < -0.3 is 9.47 Å². The summed E-state index contributed by atoms with van der Waals surface area (Å²) >= 11 is 5.11. The van der Waals surface area contributed by atoms with E-state index in [1.807, 2.05) is 6.92 Å². The van der Waals surface area contributed by atoms with Crippen LogP contribution in [0.2, 0.25) is 0 Å². The largest absolute Gasteiger partial charge is 0.497 e. The average molecular weight is 276 g/mol. The van der Waals surface area contributed by atoms with Gasteiger partial charge in [0.15, 0.2) is 5.05 Å². The summed E-state index contributed by atoms with van der Waals surface area (Å²) in [6.45, 7) is 4.02. The lowest BCUT2D eigenvalue weighted by atomic mass is 9.79. The summed E-state index contributed by atoms with van der Waals surface area (Å²) in [5, 5.41) is 0.646. The third kappa shape index (κ3) is 1.95. The van der Waals surface area contributed by atoms with Crippen molar-refractivity contribution in [3.63, 3.8) is 0 Å². The normalized spacial score (nSPS) is 28.9. The molecule has 0 amide bonds. The first-order chi connectivity index (χ1) is 9.07. The second-order valence-corrected chi connectivity index (χ2v) is 6.33. The van der Waals surface area contributed by atoms with Crippen LogP contribution in [0, 0.1) is 5.92 Å². The lowest BCUT2D eigenvalue weighted by Gasteiger charge is -2.31. The maximum absolute atomic E-state index is 5.85. The van der Waals surface area contributed by atoms with Gasteiger partial charge in [-0.2, -0.15) is 0 Å². The number of thiocarbonyl (C=S) groups is 1. The van der Waals surface area contributed by atoms with E-state index >= 15 is 0 Å². The molecule has 3 rings (SSSR count). The van der Waals surface area contributed by atoms with Gasteiger partial charge >= 0.3 is 0 Å². The molecule has 2 aliphatic rings. The number of rotatable bonds is 3. The number of hydrogen-bond donors (Lipinski definition) is 0. The highest BCUT2D eigenvalue weighted by Crippen LogP contribution is 2.63. The van der Waals surface area contributed by atoms with Gasteiger partial charge in [0.05, 0.1) is 7.11 Å². The van der Waals surface area contributed by atoms with E-state index in [9.17, 15) is 0 Å². The monoisotopic (exact) mass is 276 g/mol. The second-order valence-electron chi connectivity index (χ2n) is 5.75. The van der Waals surface area contributed by atoms with E-state index in [2.05, 4.69) is 25.1 Å². The van der Waals surface area contributed by atoms with Gasteiger partial charge in [-0.15, -0.1) is 0 Å². The van der Waals surface area contributed by atoms with E-state index in [1.54, 1.807) is 7.11 Å². The molecule has 2 aliphatic carbocycles. The van der Waals surface area contributed by atoms with Gasteiger partial charge in [0, 0.05) is 12.3 Å². The van der Waals surface area contributed by atoms with Crippen molar-refractivity contribution in [1.29, 1.82) is 0 Å². The molecule has 1 saturated carbocycles.